The van der Waals surface area contributed by atoms with Crippen molar-refractivity contribution in [2.24, 2.45) is 0 Å². The normalized spacial score (nSPS) is 13.0. The van der Waals surface area contributed by atoms with E-state index in [4.69, 9.17) is 0 Å². The minimum Gasteiger partial charge on any atom is -0.380 e. The van der Waals surface area contributed by atoms with Crippen molar-refractivity contribution in [2.75, 3.05) is 11.9 Å². The Morgan fingerprint density at radius 1 is 1.43 bits per heavy atom. The number of nitro groups is 1. The molecule has 0 saturated heterocycles. The number of hydrogen-bond acceptors (Lipinski definition) is 4. The number of anilines is 1. The average molecular weight is 306 g/mol. The number of nitrogens with one attached hydrogen (secondary N) is 1. The summed E-state index contributed by atoms with van der Waals surface area (Å²) in [4.78, 5) is 10.4. The number of benzene rings is 1. The maximum Gasteiger partial charge on any atom is 0.414 e. The number of nitro benzene ring substituents is 1. The lowest BCUT2D eigenvalue weighted by Gasteiger charge is -2.16. The second-order valence-corrected chi connectivity index (χ2v) is 4.53. The van der Waals surface area contributed by atoms with Gasteiger partial charge in [-0.1, -0.05) is 13.0 Å². The first-order valence-corrected chi connectivity index (χ1v) is 6.45. The van der Waals surface area contributed by atoms with Crippen molar-refractivity contribution >= 4 is 11.4 Å². The number of hydrogen-bond donors (Lipinski definition) is 1. The molecule has 0 radical (unpaired) electrons. The van der Waals surface area contributed by atoms with Gasteiger partial charge in [-0.3, -0.25) is 10.1 Å². The molecule has 0 fully saturated rings. The van der Waals surface area contributed by atoms with Gasteiger partial charge in [-0.25, -0.2) is 0 Å². The quantitative estimate of drug-likeness (QED) is 0.613. The SMILES string of the molecule is CCCNc1ccc(COC(C)C(F)(F)F)cc1[N+](=O)[O-]. The van der Waals surface area contributed by atoms with Crippen LogP contribution in [-0.4, -0.2) is 23.7 Å². The summed E-state index contributed by atoms with van der Waals surface area (Å²) in [5.74, 6) is 0. The summed E-state index contributed by atoms with van der Waals surface area (Å²) in [7, 11) is 0. The summed E-state index contributed by atoms with van der Waals surface area (Å²) >= 11 is 0. The van der Waals surface area contributed by atoms with E-state index in [9.17, 15) is 23.3 Å². The average Bonchev–Trinajstić information content (AvgIpc) is 2.41. The predicted octanol–water partition coefficient (Wildman–Crippen LogP) is 3.88. The molecular formula is C13H17F3N2O3. The van der Waals surface area contributed by atoms with E-state index < -0.39 is 17.2 Å². The molecule has 0 bridgehead atoms. The smallest absolute Gasteiger partial charge is 0.380 e. The molecule has 21 heavy (non-hydrogen) atoms. The molecule has 5 nitrogen and oxygen atoms in total. The third-order valence-electron chi connectivity index (χ3n) is 2.79. The molecule has 0 heterocycles. The zero-order valence-electron chi connectivity index (χ0n) is 11.7. The van der Waals surface area contributed by atoms with Crippen molar-refractivity contribution in [2.45, 2.75) is 39.2 Å². The summed E-state index contributed by atoms with van der Waals surface area (Å²) in [6.45, 7) is 3.04. The van der Waals surface area contributed by atoms with E-state index in [-0.39, 0.29) is 12.3 Å². The van der Waals surface area contributed by atoms with E-state index in [1.54, 1.807) is 0 Å². The third kappa shape index (κ3) is 5.22. The Morgan fingerprint density at radius 3 is 2.62 bits per heavy atom. The molecule has 1 N–H and O–H groups in total. The lowest BCUT2D eigenvalue weighted by molar-refractivity contribution is -0.384. The summed E-state index contributed by atoms with van der Waals surface area (Å²) in [6, 6.07) is 4.21. The van der Waals surface area contributed by atoms with Crippen molar-refractivity contribution in [3.05, 3.63) is 33.9 Å². The van der Waals surface area contributed by atoms with Crippen LogP contribution in [0.3, 0.4) is 0 Å². The number of rotatable bonds is 7. The van der Waals surface area contributed by atoms with Crippen LogP contribution in [0, 0.1) is 10.1 Å². The monoisotopic (exact) mass is 306 g/mol. The van der Waals surface area contributed by atoms with Crippen molar-refractivity contribution in [3.8, 4) is 0 Å². The first-order valence-electron chi connectivity index (χ1n) is 6.45. The predicted molar refractivity (Wildman–Crippen MR) is 72.2 cm³/mol. The molecule has 0 aromatic heterocycles. The highest BCUT2D eigenvalue weighted by atomic mass is 19.4. The van der Waals surface area contributed by atoms with Crippen LogP contribution < -0.4 is 5.32 Å². The fourth-order valence-corrected chi connectivity index (χ4v) is 1.54. The second kappa shape index (κ2) is 7.26. The molecule has 1 aromatic rings. The van der Waals surface area contributed by atoms with Gasteiger partial charge in [-0.15, -0.1) is 0 Å². The first-order chi connectivity index (χ1) is 9.75. The highest BCUT2D eigenvalue weighted by molar-refractivity contribution is 5.62. The zero-order chi connectivity index (χ0) is 16.0. The second-order valence-electron chi connectivity index (χ2n) is 4.53. The van der Waals surface area contributed by atoms with Crippen LogP contribution in [0.4, 0.5) is 24.5 Å². The van der Waals surface area contributed by atoms with Crippen LogP contribution in [0.25, 0.3) is 0 Å². The van der Waals surface area contributed by atoms with Crippen LogP contribution in [0.2, 0.25) is 0 Å². The Morgan fingerprint density at radius 2 is 2.10 bits per heavy atom. The number of ether oxygens (including phenoxy) is 1. The van der Waals surface area contributed by atoms with Gasteiger partial charge in [0.2, 0.25) is 0 Å². The Hall–Kier alpha value is -1.83. The van der Waals surface area contributed by atoms with Crippen LogP contribution in [0.15, 0.2) is 18.2 Å². The zero-order valence-corrected chi connectivity index (χ0v) is 11.7. The molecule has 1 aromatic carbocycles. The summed E-state index contributed by atoms with van der Waals surface area (Å²) in [5.41, 5.74) is 0.485. The Kier molecular flexibility index (Phi) is 5.95. The van der Waals surface area contributed by atoms with Crippen molar-refractivity contribution in [3.63, 3.8) is 0 Å². The maximum atomic E-state index is 12.3. The van der Waals surface area contributed by atoms with Crippen molar-refractivity contribution in [1.82, 2.24) is 0 Å². The van der Waals surface area contributed by atoms with Crippen LogP contribution in [-0.2, 0) is 11.3 Å². The molecule has 0 aliphatic rings. The van der Waals surface area contributed by atoms with Crippen LogP contribution in [0.5, 0.6) is 0 Å². The fourth-order valence-electron chi connectivity index (χ4n) is 1.54. The molecule has 0 spiro atoms. The van der Waals surface area contributed by atoms with E-state index in [1.807, 2.05) is 6.92 Å². The first kappa shape index (κ1) is 17.2. The molecule has 0 amide bonds. The number of nitrogens with zero attached hydrogens (tertiary/aromatic N) is 1. The van der Waals surface area contributed by atoms with E-state index in [0.717, 1.165) is 13.3 Å². The van der Waals surface area contributed by atoms with Crippen LogP contribution in [0.1, 0.15) is 25.8 Å². The summed E-state index contributed by atoms with van der Waals surface area (Å²) < 4.78 is 41.6. The van der Waals surface area contributed by atoms with Gasteiger partial charge < -0.3 is 10.1 Å². The van der Waals surface area contributed by atoms with Crippen LogP contribution >= 0.6 is 0 Å². The molecule has 118 valence electrons. The molecule has 0 saturated carbocycles. The van der Waals surface area contributed by atoms with Gasteiger partial charge in [0.15, 0.2) is 6.10 Å². The largest absolute Gasteiger partial charge is 0.414 e. The summed E-state index contributed by atoms with van der Waals surface area (Å²) in [6.07, 6.45) is -5.57. The molecule has 1 unspecified atom stereocenters. The maximum absolute atomic E-state index is 12.3. The Bertz CT molecular complexity index is 492. The molecule has 0 aliphatic heterocycles. The lowest BCUT2D eigenvalue weighted by Crippen LogP contribution is -2.28. The van der Waals surface area contributed by atoms with Gasteiger partial charge >= 0.3 is 6.18 Å². The topological polar surface area (TPSA) is 64.4 Å². The lowest BCUT2D eigenvalue weighted by atomic mass is 10.1. The standard InChI is InChI=1S/C13H17F3N2O3/c1-3-6-17-11-5-4-10(7-12(11)18(19)20)8-21-9(2)13(14,15)16/h4-5,7,9,17H,3,6,8H2,1-2H3. The molecular weight excluding hydrogens is 289 g/mol. The van der Waals surface area contributed by atoms with Gasteiger partial charge in [0, 0.05) is 12.6 Å². The Balaban J connectivity index is 2.81. The van der Waals surface area contributed by atoms with Gasteiger partial charge in [-0.2, -0.15) is 13.2 Å². The van der Waals surface area contributed by atoms with E-state index in [0.29, 0.717) is 17.8 Å². The highest BCUT2D eigenvalue weighted by Gasteiger charge is 2.36. The van der Waals surface area contributed by atoms with Crippen molar-refractivity contribution < 1.29 is 22.8 Å². The third-order valence-corrected chi connectivity index (χ3v) is 2.79. The summed E-state index contributed by atoms with van der Waals surface area (Å²) in [5, 5.41) is 13.9. The minimum absolute atomic E-state index is 0.177. The highest BCUT2D eigenvalue weighted by Crippen LogP contribution is 2.27. The van der Waals surface area contributed by atoms with Crippen molar-refractivity contribution in [1.29, 1.82) is 0 Å². The van der Waals surface area contributed by atoms with Gasteiger partial charge in [-0.05, 0) is 25.0 Å². The van der Waals surface area contributed by atoms with E-state index >= 15 is 0 Å². The minimum atomic E-state index is -4.45. The van der Waals surface area contributed by atoms with E-state index in [1.165, 1.54) is 18.2 Å². The molecule has 0 aliphatic carbocycles. The fraction of sp³-hybridized carbons (Fsp3) is 0.538. The molecule has 1 rings (SSSR count). The number of halogens is 3. The van der Waals surface area contributed by atoms with E-state index in [2.05, 4.69) is 10.1 Å². The van der Waals surface area contributed by atoms with Gasteiger partial charge in [0.05, 0.1) is 11.5 Å². The molecule has 1 atom stereocenters. The van der Waals surface area contributed by atoms with Gasteiger partial charge in [0.1, 0.15) is 5.69 Å². The molecule has 8 heteroatoms. The Labute approximate surface area is 120 Å². The van der Waals surface area contributed by atoms with Gasteiger partial charge in [0.25, 0.3) is 5.69 Å². The number of alkyl halides is 3.